The van der Waals surface area contributed by atoms with E-state index in [-0.39, 0.29) is 24.1 Å². The van der Waals surface area contributed by atoms with Crippen LogP contribution >= 0.6 is 0 Å². The summed E-state index contributed by atoms with van der Waals surface area (Å²) >= 11 is 0. The highest BCUT2D eigenvalue weighted by Crippen LogP contribution is 2.10. The summed E-state index contributed by atoms with van der Waals surface area (Å²) in [6.45, 7) is 15.7. The summed E-state index contributed by atoms with van der Waals surface area (Å²) in [6.07, 6.45) is 1.74. The first-order valence-electron chi connectivity index (χ1n) is 14.9. The first-order chi connectivity index (χ1) is 19.3. The number of nitrogens with zero attached hydrogens (tertiary/aromatic N) is 4. The summed E-state index contributed by atoms with van der Waals surface area (Å²) < 4.78 is 0. The Bertz CT molecular complexity index is 919. The smallest absolute Gasteiger partial charge is 0.317 e. The molecule has 1 aliphatic heterocycles. The molecular formula is C32H50N6O2. The average molecular weight is 551 g/mol. The Balaban J connectivity index is 1.78. The van der Waals surface area contributed by atoms with Gasteiger partial charge in [0.1, 0.15) is 0 Å². The van der Waals surface area contributed by atoms with Crippen molar-refractivity contribution in [3.05, 3.63) is 71.8 Å². The van der Waals surface area contributed by atoms with Gasteiger partial charge in [-0.2, -0.15) is 0 Å². The molecule has 1 heterocycles. The Morgan fingerprint density at radius 3 is 1.30 bits per heavy atom. The Morgan fingerprint density at radius 2 is 0.950 bits per heavy atom. The zero-order chi connectivity index (χ0) is 28.7. The van der Waals surface area contributed by atoms with Crippen molar-refractivity contribution in [2.75, 3.05) is 52.4 Å². The molecule has 8 nitrogen and oxygen atoms in total. The number of rotatable bonds is 6. The van der Waals surface area contributed by atoms with Crippen LogP contribution in [0.3, 0.4) is 0 Å². The predicted octanol–water partition coefficient (Wildman–Crippen LogP) is 4.62. The third-order valence-corrected chi connectivity index (χ3v) is 7.07. The summed E-state index contributed by atoms with van der Waals surface area (Å²) in [7, 11) is 0. The van der Waals surface area contributed by atoms with Gasteiger partial charge < -0.3 is 20.4 Å². The standard InChI is InChI=1S/C32H50N6O2/c1-27(2)33-31(39)37-19-11-17-36(26-30-15-9-6-10-16-30)22-24-38(32(40)34-28(3)4)20-12-18-35(21-23-37)25-29-13-7-5-8-14-29/h5-10,13-16,27-28H,11-12,17-26H2,1-4H3,(H,33,39)(H,34,40). The van der Waals surface area contributed by atoms with E-state index in [1.165, 1.54) is 11.1 Å². The van der Waals surface area contributed by atoms with Crippen molar-refractivity contribution >= 4 is 12.1 Å². The molecule has 4 amide bonds. The van der Waals surface area contributed by atoms with E-state index in [1.54, 1.807) is 0 Å². The van der Waals surface area contributed by atoms with E-state index in [4.69, 9.17) is 0 Å². The second-order valence-electron chi connectivity index (χ2n) is 11.4. The van der Waals surface area contributed by atoms with Gasteiger partial charge in [-0.05, 0) is 51.7 Å². The lowest BCUT2D eigenvalue weighted by Crippen LogP contribution is -2.49. The highest BCUT2D eigenvalue weighted by atomic mass is 16.2. The van der Waals surface area contributed by atoms with Crippen molar-refractivity contribution in [2.24, 2.45) is 0 Å². The lowest BCUT2D eigenvalue weighted by Gasteiger charge is -2.33. The van der Waals surface area contributed by atoms with E-state index >= 15 is 0 Å². The fraction of sp³-hybridized carbons (Fsp3) is 0.562. The van der Waals surface area contributed by atoms with Crippen LogP contribution in [-0.2, 0) is 13.1 Å². The molecule has 0 unspecified atom stereocenters. The van der Waals surface area contributed by atoms with E-state index < -0.39 is 0 Å². The maximum absolute atomic E-state index is 13.1. The van der Waals surface area contributed by atoms with E-state index in [0.29, 0.717) is 26.2 Å². The van der Waals surface area contributed by atoms with Gasteiger partial charge in [0.15, 0.2) is 0 Å². The molecule has 40 heavy (non-hydrogen) atoms. The molecular weight excluding hydrogens is 500 g/mol. The number of carbonyl (C=O) groups is 2. The number of amides is 4. The van der Waals surface area contributed by atoms with E-state index in [1.807, 2.05) is 49.6 Å². The van der Waals surface area contributed by atoms with Crippen LogP contribution in [0.4, 0.5) is 9.59 Å². The number of urea groups is 2. The van der Waals surface area contributed by atoms with E-state index in [0.717, 1.165) is 52.1 Å². The number of hydrogen-bond acceptors (Lipinski definition) is 4. The summed E-state index contributed by atoms with van der Waals surface area (Å²) in [5, 5.41) is 6.20. The molecule has 2 N–H and O–H groups in total. The predicted molar refractivity (Wildman–Crippen MR) is 163 cm³/mol. The summed E-state index contributed by atoms with van der Waals surface area (Å²) in [5.74, 6) is 0. The molecule has 0 atom stereocenters. The van der Waals surface area contributed by atoms with Gasteiger partial charge in [-0.25, -0.2) is 9.59 Å². The molecule has 2 aromatic rings. The fourth-order valence-corrected chi connectivity index (χ4v) is 5.02. The molecule has 220 valence electrons. The van der Waals surface area contributed by atoms with Crippen LogP contribution in [0.5, 0.6) is 0 Å². The number of nitrogens with one attached hydrogen (secondary N) is 2. The van der Waals surface area contributed by atoms with Crippen LogP contribution in [0.25, 0.3) is 0 Å². The average Bonchev–Trinajstić information content (AvgIpc) is 2.91. The normalized spacial score (nSPS) is 17.1. The molecule has 1 aliphatic rings. The van der Waals surface area contributed by atoms with Gasteiger partial charge in [0, 0.05) is 77.5 Å². The van der Waals surface area contributed by atoms with Crippen molar-refractivity contribution in [1.29, 1.82) is 0 Å². The Kier molecular flexibility index (Phi) is 13.3. The molecule has 2 aromatic carbocycles. The third-order valence-electron chi connectivity index (χ3n) is 7.07. The Labute approximate surface area is 241 Å². The molecule has 0 bridgehead atoms. The lowest BCUT2D eigenvalue weighted by atomic mass is 10.2. The molecule has 0 radical (unpaired) electrons. The fourth-order valence-electron chi connectivity index (χ4n) is 5.02. The molecule has 0 saturated carbocycles. The molecule has 1 fully saturated rings. The lowest BCUT2D eigenvalue weighted by molar-refractivity contribution is 0.152. The zero-order valence-electron chi connectivity index (χ0n) is 25.0. The highest BCUT2D eigenvalue weighted by molar-refractivity contribution is 5.74. The van der Waals surface area contributed by atoms with Crippen LogP contribution in [0.1, 0.15) is 51.7 Å². The van der Waals surface area contributed by atoms with Gasteiger partial charge in [0.2, 0.25) is 0 Å². The van der Waals surface area contributed by atoms with Crippen LogP contribution in [0, 0.1) is 0 Å². The van der Waals surface area contributed by atoms with Crippen molar-refractivity contribution in [2.45, 2.75) is 65.7 Å². The maximum atomic E-state index is 13.1. The minimum atomic E-state index is 0.00731. The second kappa shape index (κ2) is 16.9. The van der Waals surface area contributed by atoms with Crippen molar-refractivity contribution in [3.8, 4) is 0 Å². The van der Waals surface area contributed by atoms with Crippen LogP contribution in [-0.4, -0.2) is 96.1 Å². The van der Waals surface area contributed by atoms with Crippen molar-refractivity contribution in [1.82, 2.24) is 30.2 Å². The number of carbonyl (C=O) groups excluding carboxylic acids is 2. The van der Waals surface area contributed by atoms with Crippen LogP contribution in [0.15, 0.2) is 60.7 Å². The van der Waals surface area contributed by atoms with Crippen molar-refractivity contribution in [3.63, 3.8) is 0 Å². The number of hydrogen-bond donors (Lipinski definition) is 2. The molecule has 0 aliphatic carbocycles. The quantitative estimate of drug-likeness (QED) is 0.551. The SMILES string of the molecule is CC(C)NC(=O)N1CCCN(Cc2ccccc2)CCN(C(=O)NC(C)C)CCCN(Cc2ccccc2)CC1. The molecule has 1 saturated heterocycles. The van der Waals surface area contributed by atoms with Gasteiger partial charge in [-0.15, -0.1) is 0 Å². The third kappa shape index (κ3) is 11.6. The van der Waals surface area contributed by atoms with Crippen LogP contribution < -0.4 is 10.6 Å². The zero-order valence-corrected chi connectivity index (χ0v) is 25.0. The van der Waals surface area contributed by atoms with Crippen molar-refractivity contribution < 1.29 is 9.59 Å². The second-order valence-corrected chi connectivity index (χ2v) is 11.4. The Morgan fingerprint density at radius 1 is 0.575 bits per heavy atom. The largest absolute Gasteiger partial charge is 0.336 e. The van der Waals surface area contributed by atoms with Gasteiger partial charge in [-0.3, -0.25) is 9.80 Å². The maximum Gasteiger partial charge on any atom is 0.317 e. The molecule has 0 spiro atoms. The first-order valence-corrected chi connectivity index (χ1v) is 14.9. The molecule has 0 aromatic heterocycles. The monoisotopic (exact) mass is 550 g/mol. The molecule has 3 rings (SSSR count). The van der Waals surface area contributed by atoms with Gasteiger partial charge in [0.25, 0.3) is 0 Å². The summed E-state index contributed by atoms with van der Waals surface area (Å²) in [5.41, 5.74) is 2.51. The van der Waals surface area contributed by atoms with Gasteiger partial charge in [-0.1, -0.05) is 60.7 Å². The summed E-state index contributed by atoms with van der Waals surface area (Å²) in [6, 6.07) is 21.2. The topological polar surface area (TPSA) is 71.2 Å². The van der Waals surface area contributed by atoms with Gasteiger partial charge in [0.05, 0.1) is 0 Å². The highest BCUT2D eigenvalue weighted by Gasteiger charge is 2.20. The molecule has 8 heteroatoms. The first kappa shape index (κ1) is 31.4. The summed E-state index contributed by atoms with van der Waals surface area (Å²) in [4.78, 5) is 35.0. The number of benzene rings is 2. The van der Waals surface area contributed by atoms with Gasteiger partial charge >= 0.3 is 12.1 Å². The van der Waals surface area contributed by atoms with Crippen LogP contribution in [0.2, 0.25) is 0 Å². The minimum Gasteiger partial charge on any atom is -0.336 e. The Hall–Kier alpha value is -3.10. The van der Waals surface area contributed by atoms with E-state index in [9.17, 15) is 9.59 Å². The minimum absolute atomic E-state index is 0.00731. The van der Waals surface area contributed by atoms with E-state index in [2.05, 4.69) is 69.0 Å².